The van der Waals surface area contributed by atoms with Crippen molar-refractivity contribution < 1.29 is 9.53 Å². The van der Waals surface area contributed by atoms with Crippen molar-refractivity contribution in [1.82, 2.24) is 0 Å². The molecular weight excluding hydrogens is 268 g/mol. The van der Waals surface area contributed by atoms with Gasteiger partial charge in [-0.3, -0.25) is 0 Å². The highest BCUT2D eigenvalue weighted by molar-refractivity contribution is 7.99. The summed E-state index contributed by atoms with van der Waals surface area (Å²) in [6.07, 6.45) is 0. The summed E-state index contributed by atoms with van der Waals surface area (Å²) in [5, 5.41) is 0.672. The minimum absolute atomic E-state index is 0.274. The minimum Gasteiger partial charge on any atom is -0.442 e. The Bertz CT molecular complexity index is 595. The van der Waals surface area contributed by atoms with Gasteiger partial charge in [0.1, 0.15) is 0 Å². The van der Waals surface area contributed by atoms with Gasteiger partial charge in [0.15, 0.2) is 5.44 Å². The van der Waals surface area contributed by atoms with Gasteiger partial charge < -0.3 is 4.74 Å². The van der Waals surface area contributed by atoms with Gasteiger partial charge in [-0.05, 0) is 24.3 Å². The number of ether oxygens (including phenoxy) is 1. The van der Waals surface area contributed by atoms with Crippen LogP contribution in [-0.2, 0) is 4.74 Å². The molecule has 1 aliphatic heterocycles. The molecule has 1 heterocycles. The summed E-state index contributed by atoms with van der Waals surface area (Å²) in [6, 6.07) is 14.8. The number of hydrogen-bond acceptors (Lipinski definition) is 3. The molecule has 0 fully saturated rings. The van der Waals surface area contributed by atoms with Crippen molar-refractivity contribution in [3.63, 3.8) is 0 Å². The van der Waals surface area contributed by atoms with Crippen LogP contribution < -0.4 is 0 Å². The number of carbonyl (C=O) groups excluding carboxylic acids is 1. The summed E-state index contributed by atoms with van der Waals surface area (Å²) < 4.78 is 5.42. The van der Waals surface area contributed by atoms with Gasteiger partial charge in [-0.25, -0.2) is 4.79 Å². The SMILES string of the molecule is O=C1O[C@H](c2ccc(Cl)cc2)Sc2ccccc21. The third-order valence-electron chi connectivity index (χ3n) is 2.70. The highest BCUT2D eigenvalue weighted by Gasteiger charge is 2.27. The molecule has 0 bridgehead atoms. The molecule has 0 unspecified atom stereocenters. The first-order valence-electron chi connectivity index (χ1n) is 5.46. The largest absolute Gasteiger partial charge is 0.442 e. The van der Waals surface area contributed by atoms with Crippen molar-refractivity contribution in [3.8, 4) is 0 Å². The Labute approximate surface area is 114 Å². The fraction of sp³-hybridized carbons (Fsp3) is 0.0714. The Morgan fingerprint density at radius 2 is 1.78 bits per heavy atom. The molecule has 3 rings (SSSR count). The highest BCUT2D eigenvalue weighted by atomic mass is 35.5. The average Bonchev–Trinajstić information content (AvgIpc) is 2.39. The van der Waals surface area contributed by atoms with Crippen LogP contribution in [0.15, 0.2) is 53.4 Å². The zero-order valence-electron chi connectivity index (χ0n) is 9.30. The van der Waals surface area contributed by atoms with Crippen LogP contribution in [0, 0.1) is 0 Å². The fourth-order valence-electron chi connectivity index (χ4n) is 1.79. The Hall–Kier alpha value is -1.45. The minimum atomic E-state index is -0.301. The highest BCUT2D eigenvalue weighted by Crippen LogP contribution is 2.42. The molecule has 90 valence electrons. The summed E-state index contributed by atoms with van der Waals surface area (Å²) >= 11 is 7.38. The van der Waals surface area contributed by atoms with E-state index in [1.165, 1.54) is 11.8 Å². The zero-order valence-corrected chi connectivity index (χ0v) is 10.9. The van der Waals surface area contributed by atoms with E-state index in [0.717, 1.165) is 10.5 Å². The molecular formula is C14H9ClO2S. The van der Waals surface area contributed by atoms with Gasteiger partial charge in [0.05, 0.1) is 5.56 Å². The molecule has 0 spiro atoms. The monoisotopic (exact) mass is 276 g/mol. The molecule has 2 nitrogen and oxygen atoms in total. The first-order valence-corrected chi connectivity index (χ1v) is 6.72. The van der Waals surface area contributed by atoms with E-state index < -0.39 is 0 Å². The maximum absolute atomic E-state index is 11.9. The van der Waals surface area contributed by atoms with Crippen LogP contribution in [-0.4, -0.2) is 5.97 Å². The van der Waals surface area contributed by atoms with Crippen molar-refractivity contribution in [3.05, 3.63) is 64.7 Å². The molecule has 0 aromatic heterocycles. The van der Waals surface area contributed by atoms with Gasteiger partial charge >= 0.3 is 5.97 Å². The lowest BCUT2D eigenvalue weighted by Crippen LogP contribution is -2.15. The molecule has 0 radical (unpaired) electrons. The second kappa shape index (κ2) is 4.67. The smallest absolute Gasteiger partial charge is 0.340 e. The molecule has 1 atom stereocenters. The number of halogens is 1. The number of carbonyl (C=O) groups is 1. The quantitative estimate of drug-likeness (QED) is 0.727. The van der Waals surface area contributed by atoms with Gasteiger partial charge in [0.25, 0.3) is 0 Å². The number of esters is 1. The average molecular weight is 277 g/mol. The van der Waals surface area contributed by atoms with E-state index in [2.05, 4.69) is 0 Å². The predicted octanol–water partition coefficient (Wildman–Crippen LogP) is 4.30. The Morgan fingerprint density at radius 3 is 2.56 bits per heavy atom. The maximum atomic E-state index is 11.9. The normalized spacial score (nSPS) is 18.1. The molecule has 1 aliphatic rings. The van der Waals surface area contributed by atoms with Crippen LogP contribution in [0.25, 0.3) is 0 Å². The van der Waals surface area contributed by atoms with Crippen molar-refractivity contribution >= 4 is 29.3 Å². The maximum Gasteiger partial charge on any atom is 0.340 e. The van der Waals surface area contributed by atoms with Crippen LogP contribution >= 0.6 is 23.4 Å². The Morgan fingerprint density at radius 1 is 1.06 bits per heavy atom. The molecule has 0 aliphatic carbocycles. The fourth-order valence-corrected chi connectivity index (χ4v) is 3.01. The van der Waals surface area contributed by atoms with Crippen LogP contribution in [0.4, 0.5) is 0 Å². The molecule has 18 heavy (non-hydrogen) atoms. The standard InChI is InChI=1S/C14H9ClO2S/c15-10-7-5-9(6-8-10)14-17-13(16)11-3-1-2-4-12(11)18-14/h1-8,14H/t14-/m0/s1. The molecule has 2 aromatic rings. The zero-order chi connectivity index (χ0) is 12.5. The summed E-state index contributed by atoms with van der Waals surface area (Å²) in [4.78, 5) is 12.8. The summed E-state index contributed by atoms with van der Waals surface area (Å²) in [5.41, 5.74) is 1.27. The van der Waals surface area contributed by atoms with E-state index in [9.17, 15) is 4.79 Å². The number of cyclic esters (lactones) is 1. The lowest BCUT2D eigenvalue weighted by Gasteiger charge is -2.24. The number of fused-ring (bicyclic) bond motifs is 1. The Balaban J connectivity index is 1.94. The van der Waals surface area contributed by atoms with E-state index in [1.54, 1.807) is 18.2 Å². The van der Waals surface area contributed by atoms with Gasteiger partial charge in [-0.15, -0.1) is 0 Å². The second-order valence-corrected chi connectivity index (χ2v) is 5.44. The van der Waals surface area contributed by atoms with Gasteiger partial charge in [0.2, 0.25) is 0 Å². The Kier molecular flexibility index (Phi) is 3.02. The second-order valence-electron chi connectivity index (χ2n) is 3.90. The molecule has 4 heteroatoms. The van der Waals surface area contributed by atoms with E-state index >= 15 is 0 Å². The molecule has 0 saturated heterocycles. The molecule has 0 N–H and O–H groups in total. The van der Waals surface area contributed by atoms with E-state index in [4.69, 9.17) is 16.3 Å². The number of hydrogen-bond donors (Lipinski definition) is 0. The number of benzene rings is 2. The number of thioether (sulfide) groups is 1. The topological polar surface area (TPSA) is 26.3 Å². The third kappa shape index (κ3) is 2.11. The molecule has 0 amide bonds. The van der Waals surface area contributed by atoms with Crippen molar-refractivity contribution in [2.24, 2.45) is 0 Å². The molecule has 0 saturated carbocycles. The first kappa shape index (κ1) is 11.6. The third-order valence-corrected chi connectivity index (χ3v) is 4.14. The first-order chi connectivity index (χ1) is 8.74. The van der Waals surface area contributed by atoms with Crippen LogP contribution in [0.3, 0.4) is 0 Å². The van der Waals surface area contributed by atoms with Crippen LogP contribution in [0.1, 0.15) is 21.4 Å². The van der Waals surface area contributed by atoms with Crippen LogP contribution in [0.2, 0.25) is 5.02 Å². The number of rotatable bonds is 1. The van der Waals surface area contributed by atoms with Gasteiger partial charge in [-0.2, -0.15) is 0 Å². The predicted molar refractivity (Wildman–Crippen MR) is 71.9 cm³/mol. The van der Waals surface area contributed by atoms with Gasteiger partial charge in [0, 0.05) is 15.5 Å². The van der Waals surface area contributed by atoms with Crippen molar-refractivity contribution in [2.45, 2.75) is 10.3 Å². The molecule has 2 aromatic carbocycles. The van der Waals surface area contributed by atoms with E-state index in [-0.39, 0.29) is 11.4 Å². The van der Waals surface area contributed by atoms with Crippen molar-refractivity contribution in [1.29, 1.82) is 0 Å². The van der Waals surface area contributed by atoms with E-state index in [1.807, 2.05) is 30.3 Å². The lowest BCUT2D eigenvalue weighted by atomic mass is 10.2. The summed E-state index contributed by atoms with van der Waals surface area (Å²) in [6.45, 7) is 0. The van der Waals surface area contributed by atoms with Crippen molar-refractivity contribution in [2.75, 3.05) is 0 Å². The summed E-state index contributed by atoms with van der Waals surface area (Å²) in [7, 11) is 0. The summed E-state index contributed by atoms with van der Waals surface area (Å²) in [5.74, 6) is -0.274. The van der Waals surface area contributed by atoms with E-state index in [0.29, 0.717) is 10.6 Å². The van der Waals surface area contributed by atoms with Gasteiger partial charge in [-0.1, -0.05) is 47.6 Å². The lowest BCUT2D eigenvalue weighted by molar-refractivity contribution is 0.0440. The van der Waals surface area contributed by atoms with Crippen LogP contribution in [0.5, 0.6) is 0 Å².